The van der Waals surface area contributed by atoms with Crippen molar-refractivity contribution in [2.45, 2.75) is 51.8 Å². The van der Waals surface area contributed by atoms with Crippen LogP contribution in [0.15, 0.2) is 29.3 Å². The van der Waals surface area contributed by atoms with Crippen molar-refractivity contribution in [2.24, 2.45) is 4.99 Å². The van der Waals surface area contributed by atoms with Gasteiger partial charge < -0.3 is 24.7 Å². The number of hydrogen-bond acceptors (Lipinski definition) is 5. The zero-order chi connectivity index (χ0) is 19.2. The highest BCUT2D eigenvalue weighted by Gasteiger charge is 2.21. The second kappa shape index (κ2) is 10.7. The van der Waals surface area contributed by atoms with Crippen molar-refractivity contribution in [3.05, 3.63) is 35.9 Å². The molecule has 0 aliphatic carbocycles. The number of fused-ring (bicyclic) bond motifs is 2. The van der Waals surface area contributed by atoms with Crippen molar-refractivity contribution in [3.63, 3.8) is 0 Å². The Morgan fingerprint density at radius 2 is 2.03 bits per heavy atom. The van der Waals surface area contributed by atoms with Crippen LogP contribution < -0.4 is 20.1 Å². The number of nitrogens with one attached hydrogen (secondary N) is 2. The minimum Gasteiger partial charge on any atom is -0.486 e. The van der Waals surface area contributed by atoms with Gasteiger partial charge in [-0.05, 0) is 31.9 Å². The number of benzene rings is 1. The molecule has 0 fully saturated rings. The molecular weight excluding hydrogens is 483 g/mol. The lowest BCUT2D eigenvalue weighted by Gasteiger charge is -2.27. The fourth-order valence-corrected chi connectivity index (χ4v) is 3.53. The van der Waals surface area contributed by atoms with Crippen molar-refractivity contribution < 1.29 is 9.47 Å². The molecule has 2 aromatic rings. The minimum absolute atomic E-state index is 0. The van der Waals surface area contributed by atoms with E-state index in [1.165, 1.54) is 19.3 Å². The average Bonchev–Trinajstić information content (AvgIpc) is 2.96. The van der Waals surface area contributed by atoms with Crippen LogP contribution in [0, 0.1) is 0 Å². The third-order valence-electron chi connectivity index (χ3n) is 4.97. The maximum Gasteiger partial charge on any atom is 0.191 e. The predicted octanol–water partition coefficient (Wildman–Crippen LogP) is 2.52. The van der Waals surface area contributed by atoms with E-state index >= 15 is 0 Å². The Balaban J connectivity index is 0.00000240. The van der Waals surface area contributed by atoms with Crippen molar-refractivity contribution >= 4 is 29.9 Å². The summed E-state index contributed by atoms with van der Waals surface area (Å²) in [6.45, 7) is 5.46. The first-order chi connectivity index (χ1) is 13.8. The quantitative estimate of drug-likeness (QED) is 0.364. The second-order valence-electron chi connectivity index (χ2n) is 7.07. The topological polar surface area (TPSA) is 85.6 Å². The van der Waals surface area contributed by atoms with E-state index in [-0.39, 0.29) is 30.1 Å². The normalized spacial score (nSPS) is 18.2. The SMILES string of the molecule is CCNC(=NCc1nnc2n1CCCCC2)NCC1COc2ccccc2O1.I. The number of hydrogen-bond donors (Lipinski definition) is 2. The third kappa shape index (κ3) is 5.52. The number of halogens is 1. The van der Waals surface area contributed by atoms with Gasteiger partial charge in [0.15, 0.2) is 23.3 Å². The van der Waals surface area contributed by atoms with Crippen molar-refractivity contribution in [2.75, 3.05) is 19.7 Å². The van der Waals surface area contributed by atoms with Gasteiger partial charge in [0.05, 0.1) is 6.54 Å². The van der Waals surface area contributed by atoms with Gasteiger partial charge in [-0.1, -0.05) is 18.6 Å². The first-order valence-electron chi connectivity index (χ1n) is 10.1. The molecule has 0 saturated heterocycles. The average molecular weight is 512 g/mol. The number of para-hydroxylation sites is 2. The van der Waals surface area contributed by atoms with Gasteiger partial charge in [0.2, 0.25) is 0 Å². The van der Waals surface area contributed by atoms with Crippen LogP contribution >= 0.6 is 24.0 Å². The monoisotopic (exact) mass is 512 g/mol. The molecule has 4 rings (SSSR count). The number of aromatic nitrogens is 3. The Kier molecular flexibility index (Phi) is 7.96. The van der Waals surface area contributed by atoms with E-state index in [2.05, 4.69) is 32.3 Å². The van der Waals surface area contributed by atoms with Crippen molar-refractivity contribution in [1.82, 2.24) is 25.4 Å². The summed E-state index contributed by atoms with van der Waals surface area (Å²) in [7, 11) is 0. The summed E-state index contributed by atoms with van der Waals surface area (Å²) in [6, 6.07) is 7.75. The molecule has 1 aromatic heterocycles. The van der Waals surface area contributed by atoms with Gasteiger partial charge in [-0.15, -0.1) is 34.2 Å². The third-order valence-corrected chi connectivity index (χ3v) is 4.97. The Hall–Kier alpha value is -2.04. The van der Waals surface area contributed by atoms with Gasteiger partial charge in [0.25, 0.3) is 0 Å². The standard InChI is InChI=1S/C20H28N6O2.HI/c1-2-21-20(22-12-15-14-27-16-8-5-6-9-17(16)28-15)23-13-19-25-24-18-10-4-3-7-11-26(18)19;/h5-6,8-9,15H,2-4,7,10-14H2,1H3,(H2,21,22,23);1H. The molecule has 1 atom stereocenters. The molecule has 2 N–H and O–H groups in total. The smallest absolute Gasteiger partial charge is 0.191 e. The fraction of sp³-hybridized carbons (Fsp3) is 0.550. The molecule has 0 radical (unpaired) electrons. The van der Waals surface area contributed by atoms with Gasteiger partial charge in [-0.25, -0.2) is 4.99 Å². The van der Waals surface area contributed by atoms with Crippen molar-refractivity contribution in [1.29, 1.82) is 0 Å². The van der Waals surface area contributed by atoms with Crippen LogP contribution in [0.2, 0.25) is 0 Å². The molecule has 3 heterocycles. The summed E-state index contributed by atoms with van der Waals surface area (Å²) in [6.07, 6.45) is 4.57. The summed E-state index contributed by atoms with van der Waals surface area (Å²) >= 11 is 0. The Bertz CT molecular complexity index is 825. The largest absolute Gasteiger partial charge is 0.486 e. The maximum atomic E-state index is 6.00. The number of aryl methyl sites for hydroxylation is 1. The summed E-state index contributed by atoms with van der Waals surface area (Å²) in [5.74, 6) is 4.35. The van der Waals surface area contributed by atoms with E-state index in [4.69, 9.17) is 14.5 Å². The van der Waals surface area contributed by atoms with Gasteiger partial charge in [-0.3, -0.25) is 0 Å². The van der Waals surface area contributed by atoms with E-state index in [1.807, 2.05) is 24.3 Å². The van der Waals surface area contributed by atoms with Gasteiger partial charge in [0, 0.05) is 19.5 Å². The van der Waals surface area contributed by atoms with Gasteiger partial charge >= 0.3 is 0 Å². The number of aliphatic imine (C=N–C) groups is 1. The van der Waals surface area contributed by atoms with Gasteiger partial charge in [0.1, 0.15) is 25.1 Å². The number of rotatable bonds is 5. The van der Waals surface area contributed by atoms with Crippen molar-refractivity contribution in [3.8, 4) is 11.5 Å². The highest BCUT2D eigenvalue weighted by molar-refractivity contribution is 14.0. The lowest BCUT2D eigenvalue weighted by Crippen LogP contribution is -2.45. The maximum absolute atomic E-state index is 6.00. The van der Waals surface area contributed by atoms with E-state index in [9.17, 15) is 0 Å². The number of nitrogens with zero attached hydrogens (tertiary/aromatic N) is 4. The Morgan fingerprint density at radius 3 is 2.90 bits per heavy atom. The molecule has 1 aromatic carbocycles. The van der Waals surface area contributed by atoms with Gasteiger partial charge in [-0.2, -0.15) is 0 Å². The molecule has 0 saturated carbocycles. The van der Waals surface area contributed by atoms with Crippen LogP contribution in [-0.2, 0) is 19.5 Å². The molecule has 2 aliphatic rings. The summed E-state index contributed by atoms with van der Waals surface area (Å²) in [5.41, 5.74) is 0. The Labute approximate surface area is 188 Å². The van der Waals surface area contributed by atoms with E-state index in [0.717, 1.165) is 48.6 Å². The Morgan fingerprint density at radius 1 is 1.17 bits per heavy atom. The zero-order valence-electron chi connectivity index (χ0n) is 16.8. The first kappa shape index (κ1) is 21.7. The number of ether oxygens (including phenoxy) is 2. The lowest BCUT2D eigenvalue weighted by molar-refractivity contribution is 0.0936. The molecule has 2 aliphatic heterocycles. The molecule has 29 heavy (non-hydrogen) atoms. The van der Waals surface area contributed by atoms with E-state index in [0.29, 0.717) is 19.7 Å². The zero-order valence-corrected chi connectivity index (χ0v) is 19.1. The molecule has 0 amide bonds. The van der Waals surface area contributed by atoms with Crippen LogP contribution in [0.25, 0.3) is 0 Å². The molecule has 158 valence electrons. The van der Waals surface area contributed by atoms with Crippen LogP contribution in [0.4, 0.5) is 0 Å². The second-order valence-corrected chi connectivity index (χ2v) is 7.07. The molecule has 9 heteroatoms. The molecule has 0 spiro atoms. The first-order valence-corrected chi connectivity index (χ1v) is 10.1. The highest BCUT2D eigenvalue weighted by atomic mass is 127. The van der Waals surface area contributed by atoms with E-state index < -0.39 is 0 Å². The molecule has 1 unspecified atom stereocenters. The summed E-state index contributed by atoms with van der Waals surface area (Å²) in [4.78, 5) is 4.70. The lowest BCUT2D eigenvalue weighted by atomic mass is 10.2. The molecular formula is C20H29IN6O2. The summed E-state index contributed by atoms with van der Waals surface area (Å²) < 4.78 is 14.0. The fourth-order valence-electron chi connectivity index (χ4n) is 3.53. The van der Waals surface area contributed by atoms with E-state index in [1.54, 1.807) is 0 Å². The van der Waals surface area contributed by atoms with Crippen LogP contribution in [0.1, 0.15) is 37.8 Å². The van der Waals surface area contributed by atoms with Crippen LogP contribution in [0.5, 0.6) is 11.5 Å². The molecule has 8 nitrogen and oxygen atoms in total. The summed E-state index contributed by atoms with van der Waals surface area (Å²) in [5, 5.41) is 15.3. The molecule has 0 bridgehead atoms. The minimum atomic E-state index is -0.0666. The van der Waals surface area contributed by atoms with Crippen LogP contribution in [0.3, 0.4) is 0 Å². The number of guanidine groups is 1. The highest BCUT2D eigenvalue weighted by Crippen LogP contribution is 2.30. The van der Waals surface area contributed by atoms with Crippen LogP contribution in [-0.4, -0.2) is 46.5 Å². The predicted molar refractivity (Wildman–Crippen MR) is 122 cm³/mol.